The summed E-state index contributed by atoms with van der Waals surface area (Å²) in [6, 6.07) is 7.14. The zero-order chi connectivity index (χ0) is 15.6. The number of carbonyl (C=O) groups is 1. The molecule has 0 saturated heterocycles. The van der Waals surface area contributed by atoms with Gasteiger partial charge in [-0.15, -0.1) is 0 Å². The maximum Gasteiger partial charge on any atom is 0.271 e. The van der Waals surface area contributed by atoms with Crippen LogP contribution in [0.5, 0.6) is 0 Å². The van der Waals surface area contributed by atoms with Gasteiger partial charge >= 0.3 is 0 Å². The molecule has 0 fully saturated rings. The van der Waals surface area contributed by atoms with Crippen molar-refractivity contribution in [2.75, 3.05) is 11.1 Å². The molecule has 1 amide bonds. The number of anilines is 2. The molecular weight excluding hydrogens is 340 g/mol. The topological polar surface area (TPSA) is 111 Å². The third-order valence-electron chi connectivity index (χ3n) is 2.64. The minimum absolute atomic E-state index is 0.112. The van der Waals surface area contributed by atoms with Crippen LogP contribution in [-0.4, -0.2) is 15.8 Å². The highest BCUT2D eigenvalue weighted by atomic mass is 79.9. The highest BCUT2D eigenvalue weighted by Gasteiger charge is 2.13. The van der Waals surface area contributed by atoms with Gasteiger partial charge in [0.2, 0.25) is 0 Å². The highest BCUT2D eigenvalue weighted by molar-refractivity contribution is 9.10. The van der Waals surface area contributed by atoms with E-state index in [9.17, 15) is 14.9 Å². The van der Waals surface area contributed by atoms with Crippen molar-refractivity contribution in [3.8, 4) is 0 Å². The molecule has 0 unspecified atom stereocenters. The van der Waals surface area contributed by atoms with E-state index >= 15 is 0 Å². The van der Waals surface area contributed by atoms with E-state index in [1.165, 1.54) is 24.3 Å². The molecule has 0 radical (unpaired) electrons. The molecular formula is C13H11BrN4O3. The van der Waals surface area contributed by atoms with Gasteiger partial charge in [0.15, 0.2) is 0 Å². The summed E-state index contributed by atoms with van der Waals surface area (Å²) in [6.07, 6.45) is 0. The average molecular weight is 351 g/mol. The summed E-state index contributed by atoms with van der Waals surface area (Å²) >= 11 is 3.24. The molecule has 108 valence electrons. The number of nitrogen functional groups attached to an aromatic ring is 1. The molecule has 7 nitrogen and oxygen atoms in total. The number of hydrogen-bond acceptors (Lipinski definition) is 5. The van der Waals surface area contributed by atoms with Gasteiger partial charge < -0.3 is 11.1 Å². The molecule has 1 heterocycles. The zero-order valence-corrected chi connectivity index (χ0v) is 12.5. The highest BCUT2D eigenvalue weighted by Crippen LogP contribution is 2.27. The number of benzene rings is 1. The molecule has 1 aromatic carbocycles. The average Bonchev–Trinajstić information content (AvgIpc) is 2.39. The number of pyridine rings is 1. The molecule has 1 aromatic heterocycles. The van der Waals surface area contributed by atoms with Gasteiger partial charge in [-0.25, -0.2) is 4.98 Å². The van der Waals surface area contributed by atoms with E-state index in [4.69, 9.17) is 5.73 Å². The van der Waals surface area contributed by atoms with Gasteiger partial charge in [-0.3, -0.25) is 14.9 Å². The first-order chi connectivity index (χ1) is 9.86. The van der Waals surface area contributed by atoms with Gasteiger partial charge in [0.25, 0.3) is 11.6 Å². The van der Waals surface area contributed by atoms with Crippen LogP contribution in [0.1, 0.15) is 16.1 Å². The number of nitrogens with two attached hydrogens (primary N) is 1. The normalized spacial score (nSPS) is 10.2. The summed E-state index contributed by atoms with van der Waals surface area (Å²) in [6.45, 7) is 1.72. The summed E-state index contributed by atoms with van der Waals surface area (Å²) in [7, 11) is 0. The first-order valence-corrected chi connectivity index (χ1v) is 6.65. The quantitative estimate of drug-likeness (QED) is 0.652. The fourth-order valence-electron chi connectivity index (χ4n) is 1.74. The van der Waals surface area contributed by atoms with E-state index in [0.29, 0.717) is 21.4 Å². The number of nitro benzene ring substituents is 1. The fraction of sp³-hybridized carbons (Fsp3) is 0.0769. The van der Waals surface area contributed by atoms with Gasteiger partial charge in [0, 0.05) is 27.9 Å². The number of halogens is 1. The van der Waals surface area contributed by atoms with Crippen LogP contribution in [0.25, 0.3) is 0 Å². The molecule has 0 atom stereocenters. The third kappa shape index (κ3) is 3.54. The Labute approximate surface area is 128 Å². The Morgan fingerprint density at radius 2 is 2.10 bits per heavy atom. The third-order valence-corrected chi connectivity index (χ3v) is 3.34. The van der Waals surface area contributed by atoms with Gasteiger partial charge in [-0.05, 0) is 41.1 Å². The molecule has 0 spiro atoms. The molecule has 0 saturated carbocycles. The molecule has 3 N–H and O–H groups in total. The minimum atomic E-state index is -0.531. The number of nitrogens with one attached hydrogen (secondary N) is 1. The molecule has 0 aliphatic carbocycles. The summed E-state index contributed by atoms with van der Waals surface area (Å²) < 4.78 is 0.542. The second kappa shape index (κ2) is 5.88. The van der Waals surface area contributed by atoms with E-state index < -0.39 is 10.8 Å². The van der Waals surface area contributed by atoms with Crippen molar-refractivity contribution in [1.82, 2.24) is 4.98 Å². The number of hydrogen-bond donors (Lipinski definition) is 2. The van der Waals surface area contributed by atoms with Crippen LogP contribution >= 0.6 is 15.9 Å². The number of rotatable bonds is 3. The SMILES string of the molecule is Cc1cc(C(=O)Nc2cc([N+](=O)[O-])ccc2Br)cc(N)n1. The number of nitrogens with zero attached hydrogens (tertiary/aromatic N) is 2. The monoisotopic (exact) mass is 350 g/mol. The molecule has 0 aliphatic rings. The minimum Gasteiger partial charge on any atom is -0.384 e. The van der Waals surface area contributed by atoms with Gasteiger partial charge in [-0.2, -0.15) is 0 Å². The van der Waals surface area contributed by atoms with Crippen LogP contribution in [0, 0.1) is 17.0 Å². The number of amides is 1. The van der Waals surface area contributed by atoms with Crippen molar-refractivity contribution >= 4 is 39.0 Å². The Kier molecular flexibility index (Phi) is 4.18. The Hall–Kier alpha value is -2.48. The molecule has 0 bridgehead atoms. The van der Waals surface area contributed by atoms with Crippen molar-refractivity contribution in [1.29, 1.82) is 0 Å². The van der Waals surface area contributed by atoms with E-state index in [-0.39, 0.29) is 11.5 Å². The van der Waals surface area contributed by atoms with Crippen LogP contribution in [-0.2, 0) is 0 Å². The number of carbonyl (C=O) groups excluding carboxylic acids is 1. The maximum absolute atomic E-state index is 12.2. The smallest absolute Gasteiger partial charge is 0.271 e. The van der Waals surface area contributed by atoms with Crippen LogP contribution in [0.3, 0.4) is 0 Å². The molecule has 21 heavy (non-hydrogen) atoms. The maximum atomic E-state index is 12.2. The van der Waals surface area contributed by atoms with Crippen LogP contribution in [0.2, 0.25) is 0 Å². The lowest BCUT2D eigenvalue weighted by Crippen LogP contribution is -2.13. The lowest BCUT2D eigenvalue weighted by Gasteiger charge is -2.08. The van der Waals surface area contributed by atoms with Crippen molar-refractivity contribution in [2.24, 2.45) is 0 Å². The molecule has 2 aromatic rings. The van der Waals surface area contributed by atoms with E-state index in [1.807, 2.05) is 0 Å². The first kappa shape index (κ1) is 14.9. The molecule has 2 rings (SSSR count). The second-order valence-corrected chi connectivity index (χ2v) is 5.15. The van der Waals surface area contributed by atoms with Crippen molar-refractivity contribution in [3.63, 3.8) is 0 Å². The van der Waals surface area contributed by atoms with Gasteiger partial charge in [0.1, 0.15) is 5.82 Å². The Bertz CT molecular complexity index is 713. The van der Waals surface area contributed by atoms with Crippen molar-refractivity contribution in [3.05, 3.63) is 56.2 Å². The lowest BCUT2D eigenvalue weighted by atomic mass is 10.2. The van der Waals surface area contributed by atoms with Gasteiger partial charge in [0.05, 0.1) is 10.6 Å². The fourth-order valence-corrected chi connectivity index (χ4v) is 2.09. The van der Waals surface area contributed by atoms with Crippen LogP contribution in [0.15, 0.2) is 34.8 Å². The number of aryl methyl sites for hydroxylation is 1. The zero-order valence-electron chi connectivity index (χ0n) is 11.0. The first-order valence-electron chi connectivity index (χ1n) is 5.86. The Balaban J connectivity index is 2.31. The van der Waals surface area contributed by atoms with E-state index in [0.717, 1.165) is 0 Å². The number of nitro groups is 1. The Morgan fingerprint density at radius 1 is 1.38 bits per heavy atom. The summed E-state index contributed by atoms with van der Waals surface area (Å²) in [5.41, 5.74) is 6.73. The van der Waals surface area contributed by atoms with E-state index in [2.05, 4.69) is 26.2 Å². The summed E-state index contributed by atoms with van der Waals surface area (Å²) in [5.74, 6) is -0.188. The van der Waals surface area contributed by atoms with Crippen molar-refractivity contribution < 1.29 is 9.72 Å². The van der Waals surface area contributed by atoms with Crippen LogP contribution in [0.4, 0.5) is 17.2 Å². The van der Waals surface area contributed by atoms with E-state index in [1.54, 1.807) is 13.0 Å². The van der Waals surface area contributed by atoms with Gasteiger partial charge in [-0.1, -0.05) is 0 Å². The van der Waals surface area contributed by atoms with Crippen molar-refractivity contribution in [2.45, 2.75) is 6.92 Å². The lowest BCUT2D eigenvalue weighted by molar-refractivity contribution is -0.384. The Morgan fingerprint density at radius 3 is 2.71 bits per heavy atom. The number of non-ortho nitro benzene ring substituents is 1. The standard InChI is InChI=1S/C13H11BrN4O3/c1-7-4-8(5-12(15)16-7)13(19)17-11-6-9(18(20)21)2-3-10(11)14/h2-6H,1H3,(H2,15,16)(H,17,19). The molecule has 0 aliphatic heterocycles. The summed E-state index contributed by atoms with van der Waals surface area (Å²) in [4.78, 5) is 26.4. The molecule has 8 heteroatoms. The predicted molar refractivity (Wildman–Crippen MR) is 82.1 cm³/mol. The van der Waals surface area contributed by atoms with Crippen LogP contribution < -0.4 is 11.1 Å². The predicted octanol–water partition coefficient (Wildman–Crippen LogP) is 2.90. The largest absolute Gasteiger partial charge is 0.384 e. The summed E-state index contributed by atoms with van der Waals surface area (Å²) in [5, 5.41) is 13.4. The number of aromatic nitrogens is 1. The second-order valence-electron chi connectivity index (χ2n) is 4.30.